The van der Waals surface area contributed by atoms with Crippen molar-refractivity contribution in [2.24, 2.45) is 5.92 Å². The van der Waals surface area contributed by atoms with E-state index in [4.69, 9.17) is 18.5 Å². The van der Waals surface area contributed by atoms with E-state index in [0.29, 0.717) is 46.9 Å². The minimum absolute atomic E-state index is 0.0666. The molecule has 3 rings (SSSR count). The van der Waals surface area contributed by atoms with Crippen molar-refractivity contribution in [3.63, 3.8) is 0 Å². The first-order valence-electron chi connectivity index (χ1n) is 8.12. The van der Waals surface area contributed by atoms with Crippen LogP contribution in [0.4, 0.5) is 0 Å². The first-order chi connectivity index (χ1) is 12.5. The van der Waals surface area contributed by atoms with Crippen molar-refractivity contribution in [3.05, 3.63) is 40.5 Å². The van der Waals surface area contributed by atoms with Gasteiger partial charge in [-0.2, -0.15) is 4.98 Å². The average molecular weight is 360 g/mol. The molecule has 0 unspecified atom stereocenters. The summed E-state index contributed by atoms with van der Waals surface area (Å²) in [6.45, 7) is 4.20. The summed E-state index contributed by atoms with van der Waals surface area (Å²) in [4.78, 5) is 16.4. The molecule has 0 aliphatic heterocycles. The van der Waals surface area contributed by atoms with E-state index in [9.17, 15) is 4.79 Å². The summed E-state index contributed by atoms with van der Waals surface area (Å²) in [5.74, 6) is 2.13. The second-order valence-corrected chi connectivity index (χ2v) is 6.13. The van der Waals surface area contributed by atoms with Gasteiger partial charge in [0.1, 0.15) is 6.54 Å². The molecule has 0 aliphatic rings. The molecular weight excluding hydrogens is 340 g/mol. The molecule has 0 saturated heterocycles. The molecule has 0 N–H and O–H groups in total. The van der Waals surface area contributed by atoms with E-state index in [1.54, 1.807) is 25.3 Å². The molecule has 1 aromatic carbocycles. The number of hydrogen-bond acceptors (Lipinski definition) is 8. The van der Waals surface area contributed by atoms with E-state index in [-0.39, 0.29) is 6.54 Å². The Labute approximate surface area is 149 Å². The van der Waals surface area contributed by atoms with Crippen molar-refractivity contribution in [3.8, 4) is 22.9 Å². The Bertz CT molecular complexity index is 941. The zero-order chi connectivity index (χ0) is 18.7. The number of hydrogen-bond donors (Lipinski definition) is 0. The van der Waals surface area contributed by atoms with Crippen molar-refractivity contribution in [2.45, 2.75) is 26.8 Å². The lowest BCUT2D eigenvalue weighted by Crippen LogP contribution is -2.16. The molecule has 0 fully saturated rings. The highest BCUT2D eigenvalue weighted by molar-refractivity contribution is 5.61. The number of rotatable bonds is 7. The van der Waals surface area contributed by atoms with Crippen LogP contribution >= 0.6 is 0 Å². The largest absolute Gasteiger partial charge is 0.493 e. The molecule has 9 nitrogen and oxygen atoms in total. The molecular formula is C17H20N4O5. The lowest BCUT2D eigenvalue weighted by Gasteiger charge is -2.09. The maximum atomic E-state index is 12.1. The molecule has 0 spiro atoms. The maximum Gasteiger partial charge on any atom is 0.442 e. The van der Waals surface area contributed by atoms with Crippen LogP contribution in [0.3, 0.4) is 0 Å². The second kappa shape index (κ2) is 7.42. The van der Waals surface area contributed by atoms with Crippen LogP contribution in [-0.2, 0) is 13.0 Å². The predicted octanol–water partition coefficient (Wildman–Crippen LogP) is 2.15. The Hall–Kier alpha value is -3.10. The monoisotopic (exact) mass is 360 g/mol. The van der Waals surface area contributed by atoms with Crippen LogP contribution in [0.1, 0.15) is 25.6 Å². The number of ether oxygens (including phenoxy) is 2. The van der Waals surface area contributed by atoms with Gasteiger partial charge in [-0.1, -0.05) is 24.2 Å². The van der Waals surface area contributed by atoms with E-state index in [1.165, 1.54) is 11.7 Å². The van der Waals surface area contributed by atoms with Gasteiger partial charge in [0.2, 0.25) is 5.89 Å². The molecule has 26 heavy (non-hydrogen) atoms. The summed E-state index contributed by atoms with van der Waals surface area (Å²) < 4.78 is 21.9. The first kappa shape index (κ1) is 17.7. The number of aromatic nitrogens is 4. The standard InChI is InChI=1S/C17H20N4O5/c1-10(2)7-14-18-15(25-19-14)9-21-16(20-26-17(21)22)11-5-6-12(23-3)13(8-11)24-4/h5-6,8,10H,7,9H2,1-4H3. The highest BCUT2D eigenvalue weighted by Crippen LogP contribution is 2.31. The van der Waals surface area contributed by atoms with Crippen LogP contribution in [-0.4, -0.2) is 34.1 Å². The van der Waals surface area contributed by atoms with Crippen molar-refractivity contribution in [2.75, 3.05) is 14.2 Å². The first-order valence-corrected chi connectivity index (χ1v) is 8.12. The quantitative estimate of drug-likeness (QED) is 0.631. The molecule has 2 heterocycles. The zero-order valence-corrected chi connectivity index (χ0v) is 15.1. The van der Waals surface area contributed by atoms with Gasteiger partial charge in [0.25, 0.3) is 0 Å². The van der Waals surface area contributed by atoms with E-state index in [1.807, 2.05) is 0 Å². The maximum absolute atomic E-state index is 12.1. The summed E-state index contributed by atoms with van der Waals surface area (Å²) in [5, 5.41) is 7.79. The van der Waals surface area contributed by atoms with Gasteiger partial charge in [0.05, 0.1) is 14.2 Å². The van der Waals surface area contributed by atoms with Crippen molar-refractivity contribution >= 4 is 0 Å². The van der Waals surface area contributed by atoms with Gasteiger partial charge in [-0.15, -0.1) is 0 Å². The summed E-state index contributed by atoms with van der Waals surface area (Å²) in [7, 11) is 3.08. The second-order valence-electron chi connectivity index (χ2n) is 6.13. The van der Waals surface area contributed by atoms with Gasteiger partial charge >= 0.3 is 5.76 Å². The number of benzene rings is 1. The molecule has 3 aromatic rings. The Morgan fingerprint density at radius 1 is 1.12 bits per heavy atom. The fourth-order valence-corrected chi connectivity index (χ4v) is 2.53. The van der Waals surface area contributed by atoms with Gasteiger partial charge in [0, 0.05) is 12.0 Å². The van der Waals surface area contributed by atoms with Crippen LogP contribution in [0.15, 0.2) is 32.0 Å². The minimum atomic E-state index is -0.613. The lowest BCUT2D eigenvalue weighted by atomic mass is 10.1. The van der Waals surface area contributed by atoms with Gasteiger partial charge in [-0.3, -0.25) is 4.52 Å². The third-order valence-corrected chi connectivity index (χ3v) is 3.72. The van der Waals surface area contributed by atoms with Crippen molar-refractivity contribution in [1.29, 1.82) is 0 Å². The molecule has 0 aliphatic carbocycles. The summed E-state index contributed by atoms with van der Waals surface area (Å²) >= 11 is 0. The van der Waals surface area contributed by atoms with Crippen LogP contribution in [0, 0.1) is 5.92 Å². The van der Waals surface area contributed by atoms with Crippen LogP contribution in [0.5, 0.6) is 11.5 Å². The molecule has 2 aromatic heterocycles. The Morgan fingerprint density at radius 3 is 2.58 bits per heavy atom. The van der Waals surface area contributed by atoms with Gasteiger partial charge in [0.15, 0.2) is 23.1 Å². The number of methoxy groups -OCH3 is 2. The Balaban J connectivity index is 1.92. The minimum Gasteiger partial charge on any atom is -0.493 e. The predicted molar refractivity (Wildman–Crippen MR) is 91.2 cm³/mol. The third kappa shape index (κ3) is 3.61. The Morgan fingerprint density at radius 2 is 1.88 bits per heavy atom. The summed E-state index contributed by atoms with van der Waals surface area (Å²) in [6, 6.07) is 5.20. The van der Waals surface area contributed by atoms with Gasteiger partial charge in [-0.25, -0.2) is 9.36 Å². The van der Waals surface area contributed by atoms with Gasteiger partial charge in [-0.05, 0) is 24.1 Å². The average Bonchev–Trinajstić information content (AvgIpc) is 3.21. The van der Waals surface area contributed by atoms with Crippen LogP contribution < -0.4 is 15.2 Å². The molecule has 0 radical (unpaired) electrons. The highest BCUT2D eigenvalue weighted by atomic mass is 16.5. The van der Waals surface area contributed by atoms with E-state index >= 15 is 0 Å². The van der Waals surface area contributed by atoms with E-state index in [2.05, 4.69) is 29.1 Å². The normalized spacial score (nSPS) is 11.1. The topological polar surface area (TPSA) is 105 Å². The number of nitrogens with zero attached hydrogens (tertiary/aromatic N) is 4. The Kier molecular flexibility index (Phi) is 5.06. The SMILES string of the molecule is COc1ccc(-c2noc(=O)n2Cc2nc(CC(C)C)no2)cc1OC. The summed E-state index contributed by atoms with van der Waals surface area (Å²) in [6.07, 6.45) is 0.699. The van der Waals surface area contributed by atoms with Crippen LogP contribution in [0.2, 0.25) is 0 Å². The van der Waals surface area contributed by atoms with Gasteiger partial charge < -0.3 is 14.0 Å². The molecule has 0 saturated carbocycles. The molecule has 9 heteroatoms. The lowest BCUT2D eigenvalue weighted by molar-refractivity contribution is 0.350. The molecule has 0 atom stereocenters. The third-order valence-electron chi connectivity index (χ3n) is 3.72. The van der Waals surface area contributed by atoms with Crippen molar-refractivity contribution in [1.82, 2.24) is 19.9 Å². The molecule has 0 bridgehead atoms. The molecule has 138 valence electrons. The highest BCUT2D eigenvalue weighted by Gasteiger charge is 2.18. The zero-order valence-electron chi connectivity index (χ0n) is 15.1. The van der Waals surface area contributed by atoms with Crippen molar-refractivity contribution < 1.29 is 18.5 Å². The molecule has 0 amide bonds. The smallest absolute Gasteiger partial charge is 0.442 e. The summed E-state index contributed by atoms with van der Waals surface area (Å²) in [5.41, 5.74) is 0.635. The fraction of sp³-hybridized carbons (Fsp3) is 0.412. The van der Waals surface area contributed by atoms with E-state index in [0.717, 1.165) is 0 Å². The van der Waals surface area contributed by atoms with E-state index < -0.39 is 5.76 Å². The fourth-order valence-electron chi connectivity index (χ4n) is 2.53. The van der Waals surface area contributed by atoms with Crippen LogP contribution in [0.25, 0.3) is 11.4 Å².